The summed E-state index contributed by atoms with van der Waals surface area (Å²) in [6.07, 6.45) is -2.85. The third kappa shape index (κ3) is 4.25. The van der Waals surface area contributed by atoms with Crippen molar-refractivity contribution in [1.82, 2.24) is 5.32 Å². The van der Waals surface area contributed by atoms with E-state index in [0.29, 0.717) is 11.3 Å². The molecule has 0 amide bonds. The van der Waals surface area contributed by atoms with Crippen molar-refractivity contribution >= 4 is 0 Å². The Morgan fingerprint density at radius 2 is 1.95 bits per heavy atom. The molecule has 0 saturated carbocycles. The molecule has 1 aliphatic heterocycles. The minimum absolute atomic E-state index is 0.262. The van der Waals surface area contributed by atoms with Crippen molar-refractivity contribution in [2.45, 2.75) is 25.2 Å². The Balaban J connectivity index is 2.19. The Hall–Kier alpha value is -1.47. The smallest absolute Gasteiger partial charge is 0.496 e. The first-order chi connectivity index (χ1) is 9.90. The minimum atomic E-state index is -4.72. The number of hydrogen-bond donors (Lipinski definition) is 2. The van der Waals surface area contributed by atoms with Crippen molar-refractivity contribution < 1.29 is 22.6 Å². The van der Waals surface area contributed by atoms with Crippen molar-refractivity contribution in [3.8, 4) is 11.5 Å². The van der Waals surface area contributed by atoms with Crippen molar-refractivity contribution in [2.75, 3.05) is 20.2 Å². The molecular weight excluding hydrogens is 285 g/mol. The van der Waals surface area contributed by atoms with E-state index in [1.54, 1.807) is 6.07 Å². The van der Waals surface area contributed by atoms with E-state index in [1.165, 1.54) is 19.2 Å². The molecule has 0 bridgehead atoms. The van der Waals surface area contributed by atoms with Gasteiger partial charge in [0.1, 0.15) is 11.5 Å². The molecule has 7 heteroatoms. The second-order valence-electron chi connectivity index (χ2n) is 5.06. The van der Waals surface area contributed by atoms with Crippen molar-refractivity contribution in [3.05, 3.63) is 23.8 Å². The summed E-state index contributed by atoms with van der Waals surface area (Å²) in [5.74, 6) is 0.304. The second-order valence-corrected chi connectivity index (χ2v) is 5.06. The maximum atomic E-state index is 12.2. The van der Waals surface area contributed by atoms with Crippen LogP contribution in [0, 0.1) is 5.92 Å². The lowest BCUT2D eigenvalue weighted by molar-refractivity contribution is -0.274. The number of nitrogens with one attached hydrogen (secondary N) is 1. The van der Waals surface area contributed by atoms with E-state index in [9.17, 15) is 13.2 Å². The van der Waals surface area contributed by atoms with Gasteiger partial charge < -0.3 is 20.5 Å². The van der Waals surface area contributed by atoms with E-state index >= 15 is 0 Å². The zero-order valence-corrected chi connectivity index (χ0v) is 11.7. The van der Waals surface area contributed by atoms with Gasteiger partial charge in [-0.3, -0.25) is 0 Å². The fourth-order valence-electron chi connectivity index (χ4n) is 2.62. The summed E-state index contributed by atoms with van der Waals surface area (Å²) >= 11 is 0. The molecule has 0 aromatic heterocycles. The third-order valence-corrected chi connectivity index (χ3v) is 3.69. The second kappa shape index (κ2) is 6.53. The number of alkyl halides is 3. The molecule has 1 heterocycles. The van der Waals surface area contributed by atoms with Crippen LogP contribution in [0.15, 0.2) is 18.2 Å². The predicted molar refractivity (Wildman–Crippen MR) is 72.2 cm³/mol. The van der Waals surface area contributed by atoms with Gasteiger partial charge in [-0.1, -0.05) is 6.07 Å². The summed E-state index contributed by atoms with van der Waals surface area (Å²) in [4.78, 5) is 0. The molecule has 0 radical (unpaired) electrons. The molecule has 0 spiro atoms. The molecule has 118 valence electrons. The molecule has 1 atom stereocenters. The zero-order chi connectivity index (χ0) is 15.5. The van der Waals surface area contributed by atoms with Gasteiger partial charge in [0, 0.05) is 17.7 Å². The highest BCUT2D eigenvalue weighted by molar-refractivity contribution is 5.42. The Kier molecular flexibility index (Phi) is 4.95. The van der Waals surface area contributed by atoms with Gasteiger partial charge in [-0.2, -0.15) is 0 Å². The van der Waals surface area contributed by atoms with Crippen LogP contribution in [0.5, 0.6) is 11.5 Å². The van der Waals surface area contributed by atoms with Crippen LogP contribution in [0.3, 0.4) is 0 Å². The SMILES string of the molecule is COc1cc(OC(F)(F)F)ccc1[C@H](N)C1CCNCC1. The van der Waals surface area contributed by atoms with Gasteiger partial charge in [-0.25, -0.2) is 0 Å². The molecule has 1 aromatic carbocycles. The summed E-state index contributed by atoms with van der Waals surface area (Å²) in [5, 5.41) is 3.25. The van der Waals surface area contributed by atoms with Crippen molar-refractivity contribution in [3.63, 3.8) is 0 Å². The van der Waals surface area contributed by atoms with Crippen LogP contribution in [-0.4, -0.2) is 26.6 Å². The van der Waals surface area contributed by atoms with Crippen LogP contribution in [0.4, 0.5) is 13.2 Å². The Morgan fingerprint density at radius 3 is 2.52 bits per heavy atom. The highest BCUT2D eigenvalue weighted by Gasteiger charge is 2.32. The number of rotatable bonds is 4. The normalized spacial score (nSPS) is 18.3. The summed E-state index contributed by atoms with van der Waals surface area (Å²) in [6, 6.07) is 3.78. The number of ether oxygens (including phenoxy) is 2. The molecule has 4 nitrogen and oxygen atoms in total. The van der Waals surface area contributed by atoms with Crippen LogP contribution in [-0.2, 0) is 0 Å². The van der Waals surface area contributed by atoms with E-state index in [0.717, 1.165) is 25.9 Å². The lowest BCUT2D eigenvalue weighted by Crippen LogP contribution is -2.33. The first-order valence-electron chi connectivity index (χ1n) is 6.80. The van der Waals surface area contributed by atoms with E-state index in [1.807, 2.05) is 0 Å². The zero-order valence-electron chi connectivity index (χ0n) is 11.7. The fourth-order valence-corrected chi connectivity index (χ4v) is 2.62. The summed E-state index contributed by atoms with van der Waals surface area (Å²) in [5.41, 5.74) is 6.96. The Morgan fingerprint density at radius 1 is 1.29 bits per heavy atom. The third-order valence-electron chi connectivity index (χ3n) is 3.69. The minimum Gasteiger partial charge on any atom is -0.496 e. The number of methoxy groups -OCH3 is 1. The molecule has 0 unspecified atom stereocenters. The summed E-state index contributed by atoms with van der Waals surface area (Å²) in [6.45, 7) is 1.80. The quantitative estimate of drug-likeness (QED) is 0.898. The average Bonchev–Trinajstić information content (AvgIpc) is 2.45. The van der Waals surface area contributed by atoms with Gasteiger partial charge in [-0.05, 0) is 37.9 Å². The van der Waals surface area contributed by atoms with Gasteiger partial charge >= 0.3 is 6.36 Å². The van der Waals surface area contributed by atoms with Gasteiger partial charge in [0.2, 0.25) is 0 Å². The lowest BCUT2D eigenvalue weighted by atomic mass is 9.86. The highest BCUT2D eigenvalue weighted by Crippen LogP contribution is 2.36. The molecule has 1 saturated heterocycles. The van der Waals surface area contributed by atoms with Crippen LogP contribution < -0.4 is 20.5 Å². The first kappa shape index (κ1) is 15.9. The molecule has 0 aliphatic carbocycles. The number of halogens is 3. The lowest BCUT2D eigenvalue weighted by Gasteiger charge is -2.29. The molecule has 3 N–H and O–H groups in total. The van der Waals surface area contributed by atoms with E-state index < -0.39 is 6.36 Å². The average molecular weight is 304 g/mol. The standard InChI is InChI=1S/C14H19F3N2O2/c1-20-12-8-10(21-14(15,16)17)2-3-11(12)13(18)9-4-6-19-7-5-9/h2-3,8-9,13,19H,4-7,18H2,1H3/t13-/m1/s1. The first-order valence-corrected chi connectivity index (χ1v) is 6.80. The number of benzene rings is 1. The van der Waals surface area contributed by atoms with Crippen molar-refractivity contribution in [1.29, 1.82) is 0 Å². The predicted octanol–water partition coefficient (Wildman–Crippen LogP) is 2.59. The van der Waals surface area contributed by atoms with Crippen LogP contribution in [0.2, 0.25) is 0 Å². The number of piperidine rings is 1. The Labute approximate surface area is 121 Å². The Bertz CT molecular complexity index is 474. The van der Waals surface area contributed by atoms with Gasteiger partial charge in [0.15, 0.2) is 0 Å². The van der Waals surface area contributed by atoms with Gasteiger partial charge in [-0.15, -0.1) is 13.2 Å². The maximum Gasteiger partial charge on any atom is 0.573 e. The van der Waals surface area contributed by atoms with Gasteiger partial charge in [0.25, 0.3) is 0 Å². The van der Waals surface area contributed by atoms with Crippen LogP contribution >= 0.6 is 0 Å². The monoisotopic (exact) mass is 304 g/mol. The topological polar surface area (TPSA) is 56.5 Å². The van der Waals surface area contributed by atoms with Crippen LogP contribution in [0.25, 0.3) is 0 Å². The maximum absolute atomic E-state index is 12.2. The highest BCUT2D eigenvalue weighted by atomic mass is 19.4. The molecular formula is C14H19F3N2O2. The summed E-state index contributed by atoms with van der Waals surface area (Å²) < 4.78 is 45.8. The van der Waals surface area contributed by atoms with Crippen molar-refractivity contribution in [2.24, 2.45) is 11.7 Å². The molecule has 1 aromatic rings. The van der Waals surface area contributed by atoms with Gasteiger partial charge in [0.05, 0.1) is 7.11 Å². The molecule has 1 aliphatic rings. The molecule has 1 fully saturated rings. The van der Waals surface area contributed by atoms with Crippen LogP contribution in [0.1, 0.15) is 24.4 Å². The van der Waals surface area contributed by atoms with E-state index in [2.05, 4.69) is 10.1 Å². The molecule has 21 heavy (non-hydrogen) atoms. The largest absolute Gasteiger partial charge is 0.573 e. The number of nitrogens with two attached hydrogens (primary N) is 1. The summed E-state index contributed by atoms with van der Waals surface area (Å²) in [7, 11) is 1.41. The number of hydrogen-bond acceptors (Lipinski definition) is 4. The van der Waals surface area contributed by atoms with E-state index in [4.69, 9.17) is 10.5 Å². The molecule has 2 rings (SSSR count). The fraction of sp³-hybridized carbons (Fsp3) is 0.571. The van der Waals surface area contributed by atoms with E-state index in [-0.39, 0.29) is 17.7 Å².